The van der Waals surface area contributed by atoms with E-state index in [4.69, 9.17) is 18.0 Å². The molecule has 2 nitrogen and oxygen atoms in total. The number of anilines is 1. The van der Waals surface area contributed by atoms with Gasteiger partial charge in [0.1, 0.15) is 4.99 Å². The lowest BCUT2D eigenvalue weighted by Crippen LogP contribution is -2.24. The van der Waals surface area contributed by atoms with Crippen LogP contribution in [0.3, 0.4) is 0 Å². The average molecular weight is 327 g/mol. The van der Waals surface area contributed by atoms with Gasteiger partial charge in [0.2, 0.25) is 0 Å². The van der Waals surface area contributed by atoms with Gasteiger partial charge in [0.15, 0.2) is 0 Å². The molecule has 1 atom stereocenters. The van der Waals surface area contributed by atoms with Crippen LogP contribution < -0.4 is 10.6 Å². The monoisotopic (exact) mass is 326 g/mol. The summed E-state index contributed by atoms with van der Waals surface area (Å²) in [4.78, 5) is 2.88. The van der Waals surface area contributed by atoms with E-state index < -0.39 is 0 Å². The molecular weight excluding hydrogens is 308 g/mol. The summed E-state index contributed by atoms with van der Waals surface area (Å²) in [7, 11) is 0. The Labute approximate surface area is 123 Å². The first-order valence-electron chi connectivity index (χ1n) is 6.33. The Hall–Kier alpha value is -0.610. The number of rotatable bonds is 3. The molecule has 0 radical (unpaired) electrons. The molecule has 1 heterocycles. The number of hydrogen-bond donors (Lipinski definition) is 1. The number of hydrogen-bond acceptors (Lipinski definition) is 2. The summed E-state index contributed by atoms with van der Waals surface area (Å²) in [5, 5.41) is 0. The van der Waals surface area contributed by atoms with Gasteiger partial charge in [0.25, 0.3) is 0 Å². The molecular formula is C14H19BrN2S. The van der Waals surface area contributed by atoms with Gasteiger partial charge in [-0.2, -0.15) is 0 Å². The predicted octanol–water partition coefficient (Wildman–Crippen LogP) is 3.57. The fraction of sp³-hybridized carbons (Fsp3) is 0.500. The zero-order valence-corrected chi connectivity index (χ0v) is 13.2. The second-order valence-electron chi connectivity index (χ2n) is 5.26. The molecule has 1 aliphatic rings. The van der Waals surface area contributed by atoms with E-state index in [1.165, 1.54) is 12.1 Å². The minimum absolute atomic E-state index is 0.472. The maximum absolute atomic E-state index is 5.83. The minimum atomic E-state index is 0.472. The largest absolute Gasteiger partial charge is 0.389 e. The predicted molar refractivity (Wildman–Crippen MR) is 85.2 cm³/mol. The van der Waals surface area contributed by atoms with Crippen molar-refractivity contribution in [3.8, 4) is 0 Å². The van der Waals surface area contributed by atoms with Gasteiger partial charge in [-0.3, -0.25) is 0 Å². The van der Waals surface area contributed by atoms with Crippen LogP contribution in [0.5, 0.6) is 0 Å². The normalized spacial score (nSPS) is 19.6. The smallest absolute Gasteiger partial charge is 0.106 e. The maximum Gasteiger partial charge on any atom is 0.106 e. The Balaban J connectivity index is 2.27. The van der Waals surface area contributed by atoms with E-state index >= 15 is 0 Å². The third-order valence-corrected chi connectivity index (χ3v) is 4.45. The van der Waals surface area contributed by atoms with Crippen molar-refractivity contribution in [2.45, 2.75) is 20.3 Å². The van der Waals surface area contributed by atoms with E-state index in [-0.39, 0.29) is 0 Å². The van der Waals surface area contributed by atoms with Crippen molar-refractivity contribution in [3.05, 3.63) is 28.2 Å². The molecule has 0 amide bonds. The lowest BCUT2D eigenvalue weighted by atomic mass is 9.95. The minimum Gasteiger partial charge on any atom is -0.389 e. The molecule has 4 heteroatoms. The van der Waals surface area contributed by atoms with Crippen LogP contribution in [0.4, 0.5) is 5.69 Å². The lowest BCUT2D eigenvalue weighted by Gasteiger charge is -2.23. The van der Waals surface area contributed by atoms with E-state index in [2.05, 4.69) is 46.8 Å². The fourth-order valence-corrected chi connectivity index (χ4v) is 3.06. The van der Waals surface area contributed by atoms with Gasteiger partial charge in [-0.25, -0.2) is 0 Å². The number of benzene rings is 1. The van der Waals surface area contributed by atoms with Crippen LogP contribution in [-0.4, -0.2) is 18.1 Å². The molecule has 1 saturated heterocycles. The highest BCUT2D eigenvalue weighted by molar-refractivity contribution is 9.10. The van der Waals surface area contributed by atoms with E-state index in [9.17, 15) is 0 Å². The maximum atomic E-state index is 5.83. The summed E-state index contributed by atoms with van der Waals surface area (Å²) in [5.74, 6) is 1.51. The molecule has 0 spiro atoms. The first-order chi connectivity index (χ1) is 8.49. The Morgan fingerprint density at radius 1 is 1.50 bits per heavy atom. The Morgan fingerprint density at radius 3 is 2.78 bits per heavy atom. The van der Waals surface area contributed by atoms with Crippen LogP contribution >= 0.6 is 28.1 Å². The third kappa shape index (κ3) is 2.86. The van der Waals surface area contributed by atoms with Crippen LogP contribution in [0, 0.1) is 11.8 Å². The van der Waals surface area contributed by atoms with Crippen molar-refractivity contribution < 1.29 is 0 Å². The number of thiocarbonyl (C=S) groups is 1. The third-order valence-electron chi connectivity index (χ3n) is 3.73. The Morgan fingerprint density at radius 2 is 2.22 bits per heavy atom. The van der Waals surface area contributed by atoms with Gasteiger partial charge >= 0.3 is 0 Å². The second-order valence-corrected chi connectivity index (χ2v) is 6.62. The lowest BCUT2D eigenvalue weighted by molar-refractivity contribution is 0.423. The van der Waals surface area contributed by atoms with Crippen molar-refractivity contribution in [1.29, 1.82) is 0 Å². The number of nitrogens with two attached hydrogens (primary N) is 1. The quantitative estimate of drug-likeness (QED) is 0.861. The molecule has 18 heavy (non-hydrogen) atoms. The average Bonchev–Trinajstić information content (AvgIpc) is 2.78. The van der Waals surface area contributed by atoms with Gasteiger partial charge in [-0.1, -0.05) is 42.0 Å². The summed E-state index contributed by atoms with van der Waals surface area (Å²) in [6.45, 7) is 6.80. The summed E-state index contributed by atoms with van der Waals surface area (Å²) < 4.78 is 1.02. The molecule has 1 fully saturated rings. The van der Waals surface area contributed by atoms with Gasteiger partial charge in [0, 0.05) is 28.8 Å². The van der Waals surface area contributed by atoms with Crippen molar-refractivity contribution in [2.75, 3.05) is 18.0 Å². The van der Waals surface area contributed by atoms with Gasteiger partial charge < -0.3 is 10.6 Å². The SMILES string of the molecule is CC(C)C1CCN(c2ccc(Br)cc2C(N)=S)C1. The van der Waals surface area contributed by atoms with E-state index in [1.807, 2.05) is 6.07 Å². The molecule has 0 aliphatic carbocycles. The Bertz CT molecular complexity index is 459. The number of halogens is 1. The fourth-order valence-electron chi connectivity index (χ4n) is 2.53. The molecule has 0 bridgehead atoms. The summed E-state index contributed by atoms with van der Waals surface area (Å²) >= 11 is 8.63. The molecule has 2 N–H and O–H groups in total. The highest BCUT2D eigenvalue weighted by Gasteiger charge is 2.26. The van der Waals surface area contributed by atoms with Crippen LogP contribution in [0.2, 0.25) is 0 Å². The summed E-state index contributed by atoms with van der Waals surface area (Å²) in [6, 6.07) is 6.18. The molecule has 2 rings (SSSR count). The molecule has 98 valence electrons. The Kier molecular flexibility index (Phi) is 4.28. The molecule has 0 saturated carbocycles. The zero-order chi connectivity index (χ0) is 13.3. The van der Waals surface area contributed by atoms with Crippen LogP contribution in [0.1, 0.15) is 25.8 Å². The highest BCUT2D eigenvalue weighted by Crippen LogP contribution is 2.31. The zero-order valence-electron chi connectivity index (χ0n) is 10.8. The molecule has 1 unspecified atom stereocenters. The molecule has 0 aromatic heterocycles. The van der Waals surface area contributed by atoms with Gasteiger partial charge in [-0.05, 0) is 36.5 Å². The van der Waals surface area contributed by atoms with Gasteiger partial charge in [-0.15, -0.1) is 0 Å². The highest BCUT2D eigenvalue weighted by atomic mass is 79.9. The standard InChI is InChI=1S/C14H19BrN2S/c1-9(2)10-5-6-17(8-10)13-4-3-11(15)7-12(13)14(16)18/h3-4,7,9-10H,5-6,8H2,1-2H3,(H2,16,18). The van der Waals surface area contributed by atoms with Crippen molar-refractivity contribution in [2.24, 2.45) is 17.6 Å². The van der Waals surface area contributed by atoms with Crippen LogP contribution in [0.25, 0.3) is 0 Å². The molecule has 1 aliphatic heterocycles. The molecule has 1 aromatic carbocycles. The number of nitrogens with zero attached hydrogens (tertiary/aromatic N) is 1. The summed E-state index contributed by atoms with van der Waals surface area (Å²) in [5.41, 5.74) is 7.98. The van der Waals surface area contributed by atoms with E-state index in [0.717, 1.165) is 35.0 Å². The van der Waals surface area contributed by atoms with Crippen molar-refractivity contribution in [3.63, 3.8) is 0 Å². The van der Waals surface area contributed by atoms with Gasteiger partial charge in [0.05, 0.1) is 0 Å². The first kappa shape index (κ1) is 13.8. The van der Waals surface area contributed by atoms with Crippen LogP contribution in [0.15, 0.2) is 22.7 Å². The first-order valence-corrected chi connectivity index (χ1v) is 7.53. The van der Waals surface area contributed by atoms with E-state index in [0.29, 0.717) is 4.99 Å². The summed E-state index contributed by atoms with van der Waals surface area (Å²) in [6.07, 6.45) is 1.25. The molecule has 1 aromatic rings. The second kappa shape index (κ2) is 5.57. The van der Waals surface area contributed by atoms with E-state index in [1.54, 1.807) is 0 Å². The van der Waals surface area contributed by atoms with Crippen molar-refractivity contribution >= 4 is 38.8 Å². The van der Waals surface area contributed by atoms with Crippen molar-refractivity contribution in [1.82, 2.24) is 0 Å². The van der Waals surface area contributed by atoms with Crippen LogP contribution in [-0.2, 0) is 0 Å². The topological polar surface area (TPSA) is 29.3 Å².